The van der Waals surface area contributed by atoms with Crippen molar-refractivity contribution in [2.75, 3.05) is 11.9 Å². The van der Waals surface area contributed by atoms with Crippen LogP contribution in [0.1, 0.15) is 27.6 Å². The van der Waals surface area contributed by atoms with Gasteiger partial charge in [-0.2, -0.15) is 0 Å². The molecule has 1 N–H and O–H groups in total. The monoisotopic (exact) mass is 430 g/mol. The lowest BCUT2D eigenvalue weighted by atomic mass is 10.1. The van der Waals surface area contributed by atoms with Crippen molar-refractivity contribution in [3.63, 3.8) is 0 Å². The van der Waals surface area contributed by atoms with Crippen LogP contribution in [0.5, 0.6) is 0 Å². The number of nitrogens with one attached hydrogen (secondary N) is 1. The lowest BCUT2D eigenvalue weighted by molar-refractivity contribution is -0.384. The molecule has 3 aromatic rings. The maximum Gasteiger partial charge on any atom is 0.341 e. The molecule has 0 aliphatic heterocycles. The maximum absolute atomic E-state index is 12.7. The molecule has 7 nitrogen and oxygen atoms in total. The first-order chi connectivity index (χ1) is 13.9. The van der Waals surface area contributed by atoms with Gasteiger partial charge in [0, 0.05) is 17.0 Å². The number of rotatable bonds is 6. The third kappa shape index (κ3) is 4.61. The number of benzene rings is 2. The zero-order chi connectivity index (χ0) is 21.0. The van der Waals surface area contributed by atoms with Crippen molar-refractivity contribution in [1.82, 2.24) is 0 Å². The van der Waals surface area contributed by atoms with Crippen molar-refractivity contribution in [2.24, 2.45) is 0 Å². The molecule has 3 rings (SSSR count). The number of nitro groups is 1. The molecule has 0 atom stereocenters. The first-order valence-electron chi connectivity index (χ1n) is 8.52. The largest absolute Gasteiger partial charge is 0.462 e. The van der Waals surface area contributed by atoms with E-state index in [1.165, 1.54) is 23.5 Å². The van der Waals surface area contributed by atoms with Gasteiger partial charge in [0.2, 0.25) is 0 Å². The van der Waals surface area contributed by atoms with Gasteiger partial charge in [-0.15, -0.1) is 11.3 Å². The zero-order valence-corrected chi connectivity index (χ0v) is 16.8. The van der Waals surface area contributed by atoms with E-state index in [0.29, 0.717) is 5.00 Å². The van der Waals surface area contributed by atoms with Gasteiger partial charge < -0.3 is 10.1 Å². The fourth-order valence-electron chi connectivity index (χ4n) is 2.56. The van der Waals surface area contributed by atoms with E-state index in [1.54, 1.807) is 13.0 Å². The third-order valence-electron chi connectivity index (χ3n) is 3.92. The van der Waals surface area contributed by atoms with Crippen LogP contribution >= 0.6 is 22.9 Å². The molecule has 1 heterocycles. The fourth-order valence-corrected chi connectivity index (χ4v) is 3.87. The van der Waals surface area contributed by atoms with E-state index in [9.17, 15) is 19.7 Å². The number of anilines is 1. The third-order valence-corrected chi connectivity index (χ3v) is 5.33. The first kappa shape index (κ1) is 20.5. The molecule has 0 saturated carbocycles. The number of nitrogens with zero attached hydrogens (tertiary/aromatic N) is 1. The Morgan fingerprint density at radius 1 is 1.14 bits per heavy atom. The summed E-state index contributed by atoms with van der Waals surface area (Å²) in [7, 11) is 0. The fraction of sp³-hybridized carbons (Fsp3) is 0.100. The highest BCUT2D eigenvalue weighted by Crippen LogP contribution is 2.36. The SMILES string of the molecule is CCOC(=O)c1cc(-c2ccccc2)sc1NC(=O)c1ccc([N+](=O)[O-])cc1Cl. The van der Waals surface area contributed by atoms with Crippen molar-refractivity contribution in [1.29, 1.82) is 0 Å². The Bertz CT molecular complexity index is 1080. The molecule has 0 spiro atoms. The minimum atomic E-state index is -0.599. The van der Waals surface area contributed by atoms with E-state index in [0.717, 1.165) is 16.5 Å². The van der Waals surface area contributed by atoms with Gasteiger partial charge >= 0.3 is 5.97 Å². The van der Waals surface area contributed by atoms with Gasteiger partial charge in [-0.25, -0.2) is 4.79 Å². The van der Waals surface area contributed by atoms with Gasteiger partial charge in [0.1, 0.15) is 5.00 Å². The molecule has 148 valence electrons. The van der Waals surface area contributed by atoms with Crippen LogP contribution in [0.3, 0.4) is 0 Å². The van der Waals surface area contributed by atoms with Gasteiger partial charge in [0.05, 0.1) is 27.7 Å². The average molecular weight is 431 g/mol. The molecular weight excluding hydrogens is 416 g/mol. The van der Waals surface area contributed by atoms with Crippen molar-refractivity contribution in [2.45, 2.75) is 6.92 Å². The van der Waals surface area contributed by atoms with Crippen LogP contribution in [-0.2, 0) is 4.74 Å². The smallest absolute Gasteiger partial charge is 0.341 e. The molecular formula is C20H15ClN2O5S. The Hall–Kier alpha value is -3.23. The van der Waals surface area contributed by atoms with E-state index in [4.69, 9.17) is 16.3 Å². The quantitative estimate of drug-likeness (QED) is 0.320. The van der Waals surface area contributed by atoms with Crippen molar-refractivity contribution in [3.8, 4) is 10.4 Å². The topological polar surface area (TPSA) is 98.5 Å². The second-order valence-electron chi connectivity index (χ2n) is 5.82. The molecule has 1 amide bonds. The second kappa shape index (κ2) is 8.85. The van der Waals surface area contributed by atoms with Crippen molar-refractivity contribution < 1.29 is 19.2 Å². The second-order valence-corrected chi connectivity index (χ2v) is 7.27. The molecule has 0 fully saturated rings. The van der Waals surface area contributed by atoms with Gasteiger partial charge in [0.15, 0.2) is 0 Å². The first-order valence-corrected chi connectivity index (χ1v) is 9.71. The van der Waals surface area contributed by atoms with Crippen LogP contribution in [0.15, 0.2) is 54.6 Å². The van der Waals surface area contributed by atoms with Crippen LogP contribution in [0, 0.1) is 10.1 Å². The van der Waals surface area contributed by atoms with Crippen LogP contribution in [0.4, 0.5) is 10.7 Å². The summed E-state index contributed by atoms with van der Waals surface area (Å²) >= 11 is 7.25. The highest BCUT2D eigenvalue weighted by Gasteiger charge is 2.22. The molecule has 0 aliphatic rings. The number of ether oxygens (including phenoxy) is 1. The average Bonchev–Trinajstić information content (AvgIpc) is 3.12. The highest BCUT2D eigenvalue weighted by molar-refractivity contribution is 7.20. The summed E-state index contributed by atoms with van der Waals surface area (Å²) in [5.41, 5.74) is 0.946. The van der Waals surface area contributed by atoms with Crippen molar-refractivity contribution >= 4 is 45.5 Å². The predicted molar refractivity (Wildman–Crippen MR) is 112 cm³/mol. The Morgan fingerprint density at radius 2 is 1.86 bits per heavy atom. The molecule has 0 unspecified atom stereocenters. The highest BCUT2D eigenvalue weighted by atomic mass is 35.5. The number of carbonyl (C=O) groups is 2. The number of non-ortho nitro benzene ring substituents is 1. The molecule has 1 aromatic heterocycles. The minimum absolute atomic E-state index is 0.0572. The van der Waals surface area contributed by atoms with Crippen LogP contribution < -0.4 is 5.32 Å². The van der Waals surface area contributed by atoms with Gasteiger partial charge in [-0.3, -0.25) is 14.9 Å². The van der Waals surface area contributed by atoms with E-state index < -0.39 is 16.8 Å². The normalized spacial score (nSPS) is 10.4. The number of thiophene rings is 1. The summed E-state index contributed by atoms with van der Waals surface area (Å²) < 4.78 is 5.09. The summed E-state index contributed by atoms with van der Waals surface area (Å²) in [4.78, 5) is 36.0. The van der Waals surface area contributed by atoms with Crippen LogP contribution in [0.25, 0.3) is 10.4 Å². The Labute approximate surface area is 175 Å². The van der Waals surface area contributed by atoms with Gasteiger partial charge in [-0.1, -0.05) is 41.9 Å². The minimum Gasteiger partial charge on any atom is -0.462 e. The van der Waals surface area contributed by atoms with E-state index >= 15 is 0 Å². The molecule has 0 bridgehead atoms. The van der Waals surface area contributed by atoms with Crippen LogP contribution in [-0.4, -0.2) is 23.4 Å². The summed E-state index contributed by atoms with van der Waals surface area (Å²) in [5, 5.41) is 13.8. The number of hydrogen-bond acceptors (Lipinski definition) is 6. The maximum atomic E-state index is 12.7. The zero-order valence-electron chi connectivity index (χ0n) is 15.2. The van der Waals surface area contributed by atoms with Gasteiger partial charge in [-0.05, 0) is 24.6 Å². The molecule has 9 heteroatoms. The van der Waals surface area contributed by atoms with E-state index in [-0.39, 0.29) is 28.4 Å². The summed E-state index contributed by atoms with van der Waals surface area (Å²) in [5.74, 6) is -1.15. The molecule has 0 saturated heterocycles. The van der Waals surface area contributed by atoms with Crippen LogP contribution in [0.2, 0.25) is 5.02 Å². The summed E-state index contributed by atoms with van der Waals surface area (Å²) in [6, 6.07) is 14.6. The number of carbonyl (C=O) groups excluding carboxylic acids is 2. The van der Waals surface area contributed by atoms with E-state index in [1.807, 2.05) is 30.3 Å². The number of hydrogen-bond donors (Lipinski definition) is 1. The number of esters is 1. The standard InChI is InChI=1S/C20H15ClN2O5S/c1-2-28-20(25)15-11-17(12-6-4-3-5-7-12)29-19(15)22-18(24)14-9-8-13(23(26)27)10-16(14)21/h3-11H,2H2,1H3,(H,22,24). The molecule has 0 aliphatic carbocycles. The Balaban J connectivity index is 1.95. The molecule has 2 aromatic carbocycles. The summed E-state index contributed by atoms with van der Waals surface area (Å²) in [6.07, 6.45) is 0. The lowest BCUT2D eigenvalue weighted by Gasteiger charge is -2.07. The number of halogens is 1. The number of amides is 1. The Morgan fingerprint density at radius 3 is 2.48 bits per heavy atom. The van der Waals surface area contributed by atoms with Crippen molar-refractivity contribution in [3.05, 3.63) is 80.9 Å². The van der Waals surface area contributed by atoms with E-state index in [2.05, 4.69) is 5.32 Å². The van der Waals surface area contributed by atoms with Gasteiger partial charge in [0.25, 0.3) is 11.6 Å². The molecule has 29 heavy (non-hydrogen) atoms. The molecule has 0 radical (unpaired) electrons. The summed E-state index contributed by atoms with van der Waals surface area (Å²) in [6.45, 7) is 1.88. The number of nitro benzene ring substituents is 1. The lowest BCUT2D eigenvalue weighted by Crippen LogP contribution is -2.14. The Kier molecular flexibility index (Phi) is 6.26. The predicted octanol–water partition coefficient (Wildman–Crippen LogP) is 5.41.